The zero-order chi connectivity index (χ0) is 23.8. The van der Waals surface area contributed by atoms with Gasteiger partial charge in [0.05, 0.1) is 5.29 Å². The molecular weight excluding hydrogens is 430 g/mol. The lowest BCUT2D eigenvalue weighted by atomic mass is 10.1. The summed E-state index contributed by atoms with van der Waals surface area (Å²) in [5.74, 6) is -0.179. The molecule has 1 aliphatic rings. The van der Waals surface area contributed by atoms with E-state index in [2.05, 4.69) is 44.9 Å². The Morgan fingerprint density at radius 1 is 1.09 bits per heavy atom. The normalized spacial score (nSPS) is 13.4. The van der Waals surface area contributed by atoms with Crippen LogP contribution in [0.3, 0.4) is 0 Å². The number of hydrogen-bond donors (Lipinski definition) is 3. The summed E-state index contributed by atoms with van der Waals surface area (Å²) >= 11 is 0. The zero-order valence-electron chi connectivity index (χ0n) is 19.0. The van der Waals surface area contributed by atoms with Crippen LogP contribution in [0.4, 0.5) is 0 Å². The molecule has 2 aromatic carbocycles. The van der Waals surface area contributed by atoms with Gasteiger partial charge in [-0.15, -0.1) is 4.91 Å². The van der Waals surface area contributed by atoms with Crippen LogP contribution in [-0.2, 0) is 22.6 Å². The number of nitrogens with one attached hydrogen (secondary N) is 3. The van der Waals surface area contributed by atoms with Crippen molar-refractivity contribution in [1.82, 2.24) is 20.6 Å². The number of amides is 2. The first-order valence-electron chi connectivity index (χ1n) is 11.6. The minimum atomic E-state index is -0.559. The fourth-order valence-corrected chi connectivity index (χ4v) is 3.96. The third-order valence-electron chi connectivity index (χ3n) is 6.02. The molecule has 0 saturated heterocycles. The van der Waals surface area contributed by atoms with Crippen LogP contribution in [0.1, 0.15) is 29.5 Å². The van der Waals surface area contributed by atoms with Crippen LogP contribution >= 0.6 is 0 Å². The highest BCUT2D eigenvalue weighted by Gasteiger charge is 2.29. The van der Waals surface area contributed by atoms with Crippen molar-refractivity contribution in [3.63, 3.8) is 0 Å². The van der Waals surface area contributed by atoms with Gasteiger partial charge < -0.3 is 10.3 Å². The molecular formula is C26H29N5O3. The lowest BCUT2D eigenvalue weighted by molar-refractivity contribution is -0.122. The fraction of sp³-hybridized carbons (Fsp3) is 0.308. The van der Waals surface area contributed by atoms with E-state index in [1.54, 1.807) is 6.08 Å². The summed E-state index contributed by atoms with van der Waals surface area (Å²) in [7, 11) is 0. The summed E-state index contributed by atoms with van der Waals surface area (Å²) < 4.78 is 0. The number of benzene rings is 2. The quantitative estimate of drug-likeness (QED) is 0.219. The Balaban J connectivity index is 1.37. The highest BCUT2D eigenvalue weighted by molar-refractivity contribution is 5.91. The molecule has 8 heteroatoms. The maximum atomic E-state index is 12.0. The largest absolute Gasteiger partial charge is 0.361 e. The number of hydrogen-bond acceptors (Lipinski definition) is 5. The number of fused-ring (bicyclic) bond motifs is 1. The maximum absolute atomic E-state index is 12.0. The lowest BCUT2D eigenvalue weighted by Gasteiger charge is -2.23. The number of H-pyrrole nitrogens is 1. The molecule has 0 unspecified atom stereocenters. The van der Waals surface area contributed by atoms with Gasteiger partial charge in [-0.05, 0) is 48.1 Å². The van der Waals surface area contributed by atoms with Crippen LogP contribution in [0.5, 0.6) is 0 Å². The summed E-state index contributed by atoms with van der Waals surface area (Å²) in [6, 6.07) is 16.2. The summed E-state index contributed by atoms with van der Waals surface area (Å²) in [6.07, 6.45) is 7.89. The highest BCUT2D eigenvalue weighted by Crippen LogP contribution is 2.28. The molecule has 0 spiro atoms. The van der Waals surface area contributed by atoms with Gasteiger partial charge in [0.1, 0.15) is 0 Å². The van der Waals surface area contributed by atoms with Crippen LogP contribution in [0.15, 0.2) is 66.1 Å². The fourth-order valence-electron chi connectivity index (χ4n) is 3.96. The van der Waals surface area contributed by atoms with Crippen molar-refractivity contribution in [1.29, 1.82) is 0 Å². The summed E-state index contributed by atoms with van der Waals surface area (Å²) in [5, 5.41) is 6.67. The molecule has 1 saturated carbocycles. The van der Waals surface area contributed by atoms with Gasteiger partial charge in [-0.3, -0.25) is 14.5 Å². The summed E-state index contributed by atoms with van der Waals surface area (Å²) in [6.45, 7) is 3.01. The molecule has 3 aromatic rings. The van der Waals surface area contributed by atoms with E-state index in [1.165, 1.54) is 17.0 Å². The van der Waals surface area contributed by atoms with E-state index in [9.17, 15) is 14.5 Å². The molecule has 0 aliphatic heterocycles. The average Bonchev–Trinajstić information content (AvgIpc) is 3.62. The minimum Gasteiger partial charge on any atom is -0.361 e. The van der Waals surface area contributed by atoms with Gasteiger partial charge in [0, 0.05) is 55.3 Å². The van der Waals surface area contributed by atoms with Crippen LogP contribution < -0.4 is 10.7 Å². The van der Waals surface area contributed by atoms with Crippen molar-refractivity contribution in [2.75, 3.05) is 19.6 Å². The predicted molar refractivity (Wildman–Crippen MR) is 132 cm³/mol. The number of rotatable bonds is 12. The second kappa shape index (κ2) is 11.4. The van der Waals surface area contributed by atoms with Crippen molar-refractivity contribution in [2.45, 2.75) is 25.8 Å². The van der Waals surface area contributed by atoms with Crippen molar-refractivity contribution >= 4 is 28.8 Å². The first-order valence-corrected chi connectivity index (χ1v) is 11.6. The standard InChI is InChI=1S/C26H29N5O3/c32-25(29-30-34)12-9-19-5-7-20(8-6-19)18-31(16-14-27-26(33)21-10-11-21)15-13-22-17-28-24-4-2-1-3-23(22)24/h1-9,12,17,21,28H,10-11,13-16,18H2,(H,27,33)(H,29,32,34)/b12-9+. The summed E-state index contributed by atoms with van der Waals surface area (Å²) in [4.78, 5) is 39.1. The van der Waals surface area contributed by atoms with E-state index < -0.39 is 5.91 Å². The Morgan fingerprint density at radius 3 is 2.65 bits per heavy atom. The Bertz CT molecular complexity index is 1160. The van der Waals surface area contributed by atoms with Crippen molar-refractivity contribution < 1.29 is 9.59 Å². The van der Waals surface area contributed by atoms with E-state index in [4.69, 9.17) is 0 Å². The Labute approximate surface area is 198 Å². The van der Waals surface area contributed by atoms with Crippen LogP contribution in [0.25, 0.3) is 17.0 Å². The second-order valence-corrected chi connectivity index (χ2v) is 8.59. The van der Waals surface area contributed by atoms with Crippen LogP contribution in [-0.4, -0.2) is 41.3 Å². The molecule has 1 heterocycles. The first-order chi connectivity index (χ1) is 16.6. The monoisotopic (exact) mass is 459 g/mol. The van der Waals surface area contributed by atoms with E-state index in [0.717, 1.165) is 55.5 Å². The molecule has 1 aliphatic carbocycles. The number of nitrogens with zero attached hydrogens (tertiary/aromatic N) is 2. The van der Waals surface area contributed by atoms with Gasteiger partial charge in [0.2, 0.25) is 5.91 Å². The molecule has 3 N–H and O–H groups in total. The molecule has 1 fully saturated rings. The van der Waals surface area contributed by atoms with Gasteiger partial charge in [0.25, 0.3) is 5.91 Å². The molecule has 34 heavy (non-hydrogen) atoms. The highest BCUT2D eigenvalue weighted by atomic mass is 16.3. The number of aromatic nitrogens is 1. The van der Waals surface area contributed by atoms with Crippen LogP contribution in [0.2, 0.25) is 0 Å². The lowest BCUT2D eigenvalue weighted by Crippen LogP contribution is -2.36. The number of aromatic amines is 1. The molecule has 1 aromatic heterocycles. The SMILES string of the molecule is O=NNC(=O)/C=C/c1ccc(CN(CCNC(=O)C2CC2)CCc2c[nH]c3ccccc23)cc1. The number of para-hydroxylation sites is 1. The topological polar surface area (TPSA) is 107 Å². The smallest absolute Gasteiger partial charge is 0.266 e. The molecule has 8 nitrogen and oxygen atoms in total. The van der Waals surface area contributed by atoms with E-state index in [-0.39, 0.29) is 11.8 Å². The van der Waals surface area contributed by atoms with Crippen LogP contribution in [0, 0.1) is 10.8 Å². The molecule has 0 radical (unpaired) electrons. The Kier molecular flexibility index (Phi) is 7.83. The number of nitroso groups, excluding NO2 is 1. The number of carbonyl (C=O) groups excluding carboxylic acids is 2. The average molecular weight is 460 g/mol. The van der Waals surface area contributed by atoms with Crippen molar-refractivity contribution in [3.05, 3.63) is 82.4 Å². The zero-order valence-corrected chi connectivity index (χ0v) is 19.0. The van der Waals surface area contributed by atoms with E-state index >= 15 is 0 Å². The molecule has 0 atom stereocenters. The van der Waals surface area contributed by atoms with Crippen molar-refractivity contribution in [3.8, 4) is 0 Å². The third kappa shape index (κ3) is 6.62. The van der Waals surface area contributed by atoms with Gasteiger partial charge in [0.15, 0.2) is 0 Å². The molecule has 0 bridgehead atoms. The Hall–Kier alpha value is -3.78. The van der Waals surface area contributed by atoms with E-state index in [1.807, 2.05) is 35.8 Å². The predicted octanol–water partition coefficient (Wildman–Crippen LogP) is 3.55. The molecule has 4 rings (SSSR count). The van der Waals surface area contributed by atoms with Crippen molar-refractivity contribution in [2.24, 2.45) is 11.2 Å². The summed E-state index contributed by atoms with van der Waals surface area (Å²) in [5.41, 5.74) is 6.25. The molecule has 2 amide bonds. The Morgan fingerprint density at radius 2 is 1.88 bits per heavy atom. The van der Waals surface area contributed by atoms with Gasteiger partial charge >= 0.3 is 0 Å². The van der Waals surface area contributed by atoms with Gasteiger partial charge in [-0.1, -0.05) is 42.5 Å². The number of carbonyl (C=O) groups is 2. The van der Waals surface area contributed by atoms with E-state index in [0.29, 0.717) is 6.54 Å². The second-order valence-electron chi connectivity index (χ2n) is 8.59. The maximum Gasteiger partial charge on any atom is 0.266 e. The van der Waals surface area contributed by atoms with Gasteiger partial charge in [-0.25, -0.2) is 5.43 Å². The third-order valence-corrected chi connectivity index (χ3v) is 6.02. The molecule has 176 valence electrons. The first kappa shape index (κ1) is 23.4. The van der Waals surface area contributed by atoms with Gasteiger partial charge in [-0.2, -0.15) is 0 Å². The minimum absolute atomic E-state index is 0.168.